The Bertz CT molecular complexity index is 1880. The van der Waals surface area contributed by atoms with Crippen LogP contribution in [0.3, 0.4) is 0 Å². The highest BCUT2D eigenvalue weighted by Crippen LogP contribution is 2.30. The quantitative estimate of drug-likeness (QED) is 0.315. The number of aryl methyl sites for hydroxylation is 1. The first-order valence-electron chi connectivity index (χ1n) is 14.0. The lowest BCUT2D eigenvalue weighted by molar-refractivity contribution is -0.129. The molecule has 6 rings (SSSR count). The maximum atomic E-state index is 13.6. The molecule has 0 saturated carbocycles. The van der Waals surface area contributed by atoms with Gasteiger partial charge in [0.1, 0.15) is 5.82 Å². The molecule has 1 atom stereocenters. The minimum Gasteiger partial charge on any atom is -0.368 e. The monoisotopic (exact) mass is 623 g/mol. The Morgan fingerprint density at radius 1 is 0.953 bits per heavy atom. The number of carbonyl (C=O) groups is 1. The van der Waals surface area contributed by atoms with Crippen molar-refractivity contribution in [3.63, 3.8) is 0 Å². The molecule has 2 fully saturated rings. The van der Waals surface area contributed by atoms with Gasteiger partial charge in [0.2, 0.25) is 11.9 Å². The third-order valence-corrected chi connectivity index (χ3v) is 11.3. The predicted molar refractivity (Wildman–Crippen MR) is 166 cm³/mol. The molecule has 2 saturated heterocycles. The van der Waals surface area contributed by atoms with E-state index < -0.39 is 19.9 Å². The van der Waals surface area contributed by atoms with E-state index in [9.17, 15) is 21.6 Å². The van der Waals surface area contributed by atoms with Crippen LogP contribution in [0.1, 0.15) is 18.9 Å². The molecule has 2 aromatic carbocycles. The predicted octanol–water partition coefficient (Wildman–Crippen LogP) is 2.99. The summed E-state index contributed by atoms with van der Waals surface area (Å²) in [5, 5.41) is 6.88. The second-order valence-electron chi connectivity index (χ2n) is 11.0. The number of benzene rings is 2. The average Bonchev–Trinajstić information content (AvgIpc) is 3.57. The van der Waals surface area contributed by atoms with Gasteiger partial charge >= 0.3 is 0 Å². The van der Waals surface area contributed by atoms with Crippen LogP contribution in [-0.4, -0.2) is 85.3 Å². The van der Waals surface area contributed by atoms with Crippen LogP contribution in [0.25, 0.3) is 11.0 Å². The van der Waals surface area contributed by atoms with Crippen molar-refractivity contribution in [2.45, 2.75) is 31.2 Å². The maximum Gasteiger partial charge on any atom is 0.269 e. The number of hydrogen-bond donors (Lipinski definition) is 2. The van der Waals surface area contributed by atoms with Crippen LogP contribution < -0.4 is 15.5 Å². The summed E-state index contributed by atoms with van der Waals surface area (Å²) >= 11 is 0. The Kier molecular flexibility index (Phi) is 7.50. The Hall–Kier alpha value is -4.17. The number of nitrogens with zero attached hydrogens (tertiary/aromatic N) is 5. The second kappa shape index (κ2) is 11.2. The fourth-order valence-electron chi connectivity index (χ4n) is 5.44. The number of hydrogen-bond acceptors (Lipinski definition) is 10. The second-order valence-corrected chi connectivity index (χ2v) is 15.0. The SMILES string of the molecule is CC(=O)N1CCN(c2ccc(Nc3nc(NC4CCS(=O)(=O)C4)c4ccn(S(=O)(=O)c5ccc(C)cc5)c4n3)cc2)CC1. The molecule has 2 aliphatic heterocycles. The van der Waals surface area contributed by atoms with Crippen LogP contribution in [0.5, 0.6) is 0 Å². The van der Waals surface area contributed by atoms with Crippen LogP contribution in [-0.2, 0) is 24.7 Å². The van der Waals surface area contributed by atoms with Crippen molar-refractivity contribution in [1.29, 1.82) is 0 Å². The lowest BCUT2D eigenvalue weighted by Gasteiger charge is -2.35. The molecule has 1 amide bonds. The molecule has 14 heteroatoms. The fraction of sp³-hybridized carbons (Fsp3) is 0.345. The van der Waals surface area contributed by atoms with Gasteiger partial charge in [0.15, 0.2) is 15.5 Å². The summed E-state index contributed by atoms with van der Waals surface area (Å²) in [6, 6.07) is 15.6. The molecule has 0 bridgehead atoms. The molecule has 0 aliphatic carbocycles. The zero-order valence-electron chi connectivity index (χ0n) is 23.9. The number of aromatic nitrogens is 3. The molecule has 4 heterocycles. The zero-order valence-corrected chi connectivity index (χ0v) is 25.5. The summed E-state index contributed by atoms with van der Waals surface area (Å²) in [4.78, 5) is 25.1. The number of piperazine rings is 1. The van der Waals surface area contributed by atoms with Gasteiger partial charge in [0, 0.05) is 56.7 Å². The molecule has 1 unspecified atom stereocenters. The molecule has 4 aromatic rings. The molecule has 12 nitrogen and oxygen atoms in total. The fourth-order valence-corrected chi connectivity index (χ4v) is 8.41. The van der Waals surface area contributed by atoms with Gasteiger partial charge < -0.3 is 20.4 Å². The molecule has 0 spiro atoms. The Morgan fingerprint density at radius 2 is 1.65 bits per heavy atom. The number of carbonyl (C=O) groups excluding carboxylic acids is 1. The van der Waals surface area contributed by atoms with E-state index in [2.05, 4.69) is 25.5 Å². The molecular weight excluding hydrogens is 590 g/mol. The van der Waals surface area contributed by atoms with Gasteiger partial charge in [-0.1, -0.05) is 17.7 Å². The highest BCUT2D eigenvalue weighted by molar-refractivity contribution is 7.91. The molecule has 2 aromatic heterocycles. The van der Waals surface area contributed by atoms with E-state index in [1.54, 1.807) is 37.3 Å². The summed E-state index contributed by atoms with van der Waals surface area (Å²) in [6.45, 7) is 6.30. The first-order chi connectivity index (χ1) is 20.5. The van der Waals surface area contributed by atoms with Crippen molar-refractivity contribution in [1.82, 2.24) is 18.8 Å². The van der Waals surface area contributed by atoms with Crippen molar-refractivity contribution in [2.75, 3.05) is 53.2 Å². The van der Waals surface area contributed by atoms with Crippen molar-refractivity contribution >= 4 is 59.9 Å². The van der Waals surface area contributed by atoms with E-state index in [1.165, 1.54) is 6.20 Å². The van der Waals surface area contributed by atoms with Crippen molar-refractivity contribution < 1.29 is 21.6 Å². The highest BCUT2D eigenvalue weighted by atomic mass is 32.2. The first kappa shape index (κ1) is 28.9. The zero-order chi connectivity index (χ0) is 30.4. The lowest BCUT2D eigenvalue weighted by Crippen LogP contribution is -2.48. The van der Waals surface area contributed by atoms with Crippen molar-refractivity contribution in [2.24, 2.45) is 0 Å². The minimum absolute atomic E-state index is 0.0221. The number of anilines is 4. The largest absolute Gasteiger partial charge is 0.368 e. The maximum absolute atomic E-state index is 13.6. The van der Waals surface area contributed by atoms with Crippen LogP contribution in [0.2, 0.25) is 0 Å². The standard InChI is InChI=1S/C29H33N7O5S2/c1-20-3-9-25(10-4-20)43(40,41)36-13-11-26-27(30-23-12-18-42(38,39)19-23)32-29(33-28(26)36)31-22-5-7-24(8-6-22)35-16-14-34(15-17-35)21(2)37/h3-11,13,23H,12,14-19H2,1-2H3,(H2,30,31,32,33). The minimum atomic E-state index is -3.97. The van der Waals surface area contributed by atoms with Gasteiger partial charge in [0.25, 0.3) is 10.0 Å². The number of nitrogens with one attached hydrogen (secondary N) is 2. The summed E-state index contributed by atoms with van der Waals surface area (Å²) < 4.78 is 52.6. The molecule has 43 heavy (non-hydrogen) atoms. The normalized spacial score (nSPS) is 18.6. The van der Waals surface area contributed by atoms with Gasteiger partial charge in [-0.05, 0) is 55.8 Å². The Labute approximate surface area is 250 Å². The van der Waals surface area contributed by atoms with E-state index in [1.807, 2.05) is 36.1 Å². The average molecular weight is 624 g/mol. The number of fused-ring (bicyclic) bond motifs is 1. The van der Waals surface area contributed by atoms with Crippen molar-refractivity contribution in [3.8, 4) is 0 Å². The van der Waals surface area contributed by atoms with Crippen molar-refractivity contribution in [3.05, 3.63) is 66.4 Å². The third-order valence-electron chi connectivity index (χ3n) is 7.88. The van der Waals surface area contributed by atoms with Crippen LogP contribution >= 0.6 is 0 Å². The Morgan fingerprint density at radius 3 is 2.28 bits per heavy atom. The van der Waals surface area contributed by atoms with Crippen LogP contribution in [0, 0.1) is 6.92 Å². The topological polar surface area (TPSA) is 147 Å². The van der Waals surface area contributed by atoms with Gasteiger partial charge in [-0.2, -0.15) is 9.97 Å². The summed E-state index contributed by atoms with van der Waals surface area (Å²) in [7, 11) is -7.13. The Balaban J connectivity index is 1.32. The van der Waals surface area contributed by atoms with E-state index in [-0.39, 0.29) is 39.9 Å². The van der Waals surface area contributed by atoms with Crippen LogP contribution in [0.4, 0.5) is 23.1 Å². The highest BCUT2D eigenvalue weighted by Gasteiger charge is 2.29. The molecule has 2 N–H and O–H groups in total. The summed E-state index contributed by atoms with van der Waals surface area (Å²) in [5.74, 6) is 0.664. The molecular formula is C29H33N7O5S2. The number of amides is 1. The van der Waals surface area contributed by atoms with E-state index in [0.717, 1.165) is 28.3 Å². The van der Waals surface area contributed by atoms with Gasteiger partial charge in [0.05, 0.1) is 21.8 Å². The number of rotatable bonds is 7. The first-order valence-corrected chi connectivity index (χ1v) is 17.3. The molecule has 0 radical (unpaired) electrons. The van der Waals surface area contributed by atoms with Gasteiger partial charge in [-0.25, -0.2) is 20.8 Å². The smallest absolute Gasteiger partial charge is 0.269 e. The lowest BCUT2D eigenvalue weighted by atomic mass is 10.2. The van der Waals surface area contributed by atoms with Crippen LogP contribution in [0.15, 0.2) is 65.7 Å². The molecule has 2 aliphatic rings. The van der Waals surface area contributed by atoms with Gasteiger partial charge in [-0.3, -0.25) is 4.79 Å². The summed E-state index contributed by atoms with van der Waals surface area (Å²) in [5.41, 5.74) is 2.82. The van der Waals surface area contributed by atoms with E-state index in [4.69, 9.17) is 0 Å². The van der Waals surface area contributed by atoms with E-state index >= 15 is 0 Å². The molecule has 226 valence electrons. The number of sulfone groups is 1. The third kappa shape index (κ3) is 6.02. The van der Waals surface area contributed by atoms with Gasteiger partial charge in [-0.15, -0.1) is 0 Å². The summed E-state index contributed by atoms with van der Waals surface area (Å²) in [6.07, 6.45) is 1.87. The van der Waals surface area contributed by atoms with E-state index in [0.29, 0.717) is 36.4 Å².